The van der Waals surface area contributed by atoms with Gasteiger partial charge in [0.25, 0.3) is 5.91 Å². The smallest absolute Gasteiger partial charge is 0.273 e. The van der Waals surface area contributed by atoms with Gasteiger partial charge in [-0.3, -0.25) is 14.3 Å². The molecular formula is C25H36N4O2. The molecule has 0 radical (unpaired) electrons. The topological polar surface area (TPSA) is 76.0 Å². The Hall–Kier alpha value is -2.37. The summed E-state index contributed by atoms with van der Waals surface area (Å²) < 4.78 is 2.01. The van der Waals surface area contributed by atoms with Crippen molar-refractivity contribution in [2.75, 3.05) is 0 Å². The van der Waals surface area contributed by atoms with Crippen LogP contribution in [0, 0.1) is 11.3 Å². The van der Waals surface area contributed by atoms with Crippen LogP contribution in [-0.4, -0.2) is 33.7 Å². The highest BCUT2D eigenvalue weighted by Crippen LogP contribution is 2.28. The molecule has 1 aromatic heterocycles. The van der Waals surface area contributed by atoms with E-state index in [9.17, 15) is 9.59 Å². The van der Waals surface area contributed by atoms with E-state index in [1.807, 2.05) is 49.7 Å². The van der Waals surface area contributed by atoms with Crippen molar-refractivity contribution in [1.29, 1.82) is 0 Å². The molecule has 2 fully saturated rings. The van der Waals surface area contributed by atoms with Crippen LogP contribution in [0.3, 0.4) is 0 Å². The fourth-order valence-electron chi connectivity index (χ4n) is 4.61. The Kier molecular flexibility index (Phi) is 6.35. The summed E-state index contributed by atoms with van der Waals surface area (Å²) in [5, 5.41) is 11.6. The van der Waals surface area contributed by atoms with Crippen molar-refractivity contribution in [3.63, 3.8) is 0 Å². The molecule has 2 aliphatic rings. The van der Waals surface area contributed by atoms with E-state index >= 15 is 0 Å². The molecule has 0 saturated heterocycles. The molecule has 4 rings (SSSR count). The first-order chi connectivity index (χ1) is 14.8. The number of carbonyl (C=O) groups is 2. The monoisotopic (exact) mass is 424 g/mol. The lowest BCUT2D eigenvalue weighted by molar-refractivity contribution is -0.125. The first-order valence-corrected chi connectivity index (χ1v) is 11.9. The minimum atomic E-state index is -0.605. The van der Waals surface area contributed by atoms with Gasteiger partial charge in [-0.05, 0) is 43.1 Å². The van der Waals surface area contributed by atoms with Gasteiger partial charge in [0, 0.05) is 18.0 Å². The zero-order chi connectivity index (χ0) is 22.0. The van der Waals surface area contributed by atoms with Gasteiger partial charge in [-0.15, -0.1) is 0 Å². The SMILES string of the molecule is CC(C)(C)[C@H](NC(=O)c1nn(CC2CCCCCC2)c2ccccc12)C(=O)NC1CC1. The Bertz CT molecular complexity index is 931. The molecule has 6 nitrogen and oxygen atoms in total. The van der Waals surface area contributed by atoms with Gasteiger partial charge in [-0.2, -0.15) is 5.10 Å². The lowest BCUT2D eigenvalue weighted by Gasteiger charge is -2.30. The second kappa shape index (κ2) is 9.01. The van der Waals surface area contributed by atoms with E-state index in [0.717, 1.165) is 30.3 Å². The third kappa shape index (κ3) is 5.28. The van der Waals surface area contributed by atoms with Crippen LogP contribution < -0.4 is 10.6 Å². The lowest BCUT2D eigenvalue weighted by Crippen LogP contribution is -2.54. The summed E-state index contributed by atoms with van der Waals surface area (Å²) in [4.78, 5) is 26.1. The summed E-state index contributed by atoms with van der Waals surface area (Å²) in [6.07, 6.45) is 9.69. The Labute approximate surface area is 185 Å². The number of hydrogen-bond acceptors (Lipinski definition) is 3. The molecule has 31 heavy (non-hydrogen) atoms. The van der Waals surface area contributed by atoms with Crippen molar-refractivity contribution in [2.24, 2.45) is 11.3 Å². The molecule has 0 unspecified atom stereocenters. The molecule has 2 aliphatic carbocycles. The number of rotatable bonds is 6. The summed E-state index contributed by atoms with van der Waals surface area (Å²) in [6.45, 7) is 6.78. The van der Waals surface area contributed by atoms with E-state index in [1.165, 1.54) is 38.5 Å². The van der Waals surface area contributed by atoms with Gasteiger partial charge in [-0.25, -0.2) is 0 Å². The highest BCUT2D eigenvalue weighted by molar-refractivity contribution is 6.06. The van der Waals surface area contributed by atoms with E-state index in [2.05, 4.69) is 10.6 Å². The van der Waals surface area contributed by atoms with Gasteiger partial charge in [-0.1, -0.05) is 64.7 Å². The maximum Gasteiger partial charge on any atom is 0.273 e. The van der Waals surface area contributed by atoms with Crippen LogP contribution in [0.5, 0.6) is 0 Å². The number of nitrogens with zero attached hydrogens (tertiary/aromatic N) is 2. The van der Waals surface area contributed by atoms with Crippen molar-refractivity contribution in [3.05, 3.63) is 30.0 Å². The van der Waals surface area contributed by atoms with E-state index in [4.69, 9.17) is 5.10 Å². The molecule has 0 bridgehead atoms. The quantitative estimate of drug-likeness (QED) is 0.674. The van der Waals surface area contributed by atoms with Crippen LogP contribution in [0.15, 0.2) is 24.3 Å². The van der Waals surface area contributed by atoms with Gasteiger partial charge >= 0.3 is 0 Å². The molecule has 1 heterocycles. The highest BCUT2D eigenvalue weighted by atomic mass is 16.2. The van der Waals surface area contributed by atoms with Crippen LogP contribution in [0.1, 0.15) is 82.6 Å². The van der Waals surface area contributed by atoms with Gasteiger partial charge in [0.1, 0.15) is 6.04 Å². The fourth-order valence-corrected chi connectivity index (χ4v) is 4.61. The normalized spacial score (nSPS) is 19.1. The van der Waals surface area contributed by atoms with Crippen molar-refractivity contribution in [1.82, 2.24) is 20.4 Å². The molecule has 0 aliphatic heterocycles. The van der Waals surface area contributed by atoms with Crippen LogP contribution in [0.25, 0.3) is 10.9 Å². The molecule has 6 heteroatoms. The van der Waals surface area contributed by atoms with Gasteiger partial charge in [0.05, 0.1) is 5.52 Å². The minimum absolute atomic E-state index is 0.106. The third-order valence-electron chi connectivity index (χ3n) is 6.61. The Morgan fingerprint density at radius 1 is 1.06 bits per heavy atom. The van der Waals surface area contributed by atoms with Crippen LogP contribution in [0.2, 0.25) is 0 Å². The summed E-state index contributed by atoms with van der Waals surface area (Å²) >= 11 is 0. The minimum Gasteiger partial charge on any atom is -0.352 e. The Morgan fingerprint density at radius 2 is 1.74 bits per heavy atom. The van der Waals surface area contributed by atoms with E-state index in [0.29, 0.717) is 11.6 Å². The number of nitrogens with one attached hydrogen (secondary N) is 2. The standard InChI is InChI=1S/C25H36N4O2/c1-25(2,3)22(24(31)26-18-14-15-18)27-23(30)21-19-12-8-9-13-20(19)29(28-21)16-17-10-6-4-5-7-11-17/h8-9,12-13,17-18,22H,4-7,10-11,14-16H2,1-3H3,(H,26,31)(H,27,30)/t22-/m1/s1. The van der Waals surface area contributed by atoms with E-state index in [-0.39, 0.29) is 17.9 Å². The largest absolute Gasteiger partial charge is 0.352 e. The maximum absolute atomic E-state index is 13.3. The molecule has 2 N–H and O–H groups in total. The molecule has 2 amide bonds. The Balaban J connectivity index is 1.57. The number of amides is 2. The lowest BCUT2D eigenvalue weighted by atomic mass is 9.86. The van der Waals surface area contributed by atoms with Gasteiger partial charge in [0.2, 0.25) is 5.91 Å². The van der Waals surface area contributed by atoms with Crippen LogP contribution in [-0.2, 0) is 11.3 Å². The number of hydrogen-bond donors (Lipinski definition) is 2. The average Bonchev–Trinajstić information content (AvgIpc) is 3.50. The van der Waals surface area contributed by atoms with Gasteiger partial charge < -0.3 is 10.6 Å². The number of fused-ring (bicyclic) bond motifs is 1. The third-order valence-corrected chi connectivity index (χ3v) is 6.61. The number of carbonyl (C=O) groups excluding carboxylic acids is 2. The number of aromatic nitrogens is 2. The fraction of sp³-hybridized carbons (Fsp3) is 0.640. The first kappa shape index (κ1) is 21.8. The Morgan fingerprint density at radius 3 is 2.39 bits per heavy atom. The summed E-state index contributed by atoms with van der Waals surface area (Å²) in [5.41, 5.74) is 1.01. The van der Waals surface area contributed by atoms with Crippen LogP contribution >= 0.6 is 0 Å². The van der Waals surface area contributed by atoms with Crippen molar-refractivity contribution < 1.29 is 9.59 Å². The van der Waals surface area contributed by atoms with Crippen molar-refractivity contribution in [2.45, 2.75) is 90.8 Å². The zero-order valence-corrected chi connectivity index (χ0v) is 19.1. The molecule has 0 spiro atoms. The zero-order valence-electron chi connectivity index (χ0n) is 19.1. The van der Waals surface area contributed by atoms with E-state index in [1.54, 1.807) is 0 Å². The molecule has 2 saturated carbocycles. The number of benzene rings is 1. The average molecular weight is 425 g/mol. The second-order valence-corrected chi connectivity index (χ2v) is 10.5. The molecule has 168 valence electrons. The first-order valence-electron chi connectivity index (χ1n) is 11.9. The summed E-state index contributed by atoms with van der Waals surface area (Å²) in [6, 6.07) is 7.59. The van der Waals surface area contributed by atoms with Crippen molar-refractivity contribution >= 4 is 22.7 Å². The molecule has 2 aromatic rings. The summed E-state index contributed by atoms with van der Waals surface area (Å²) in [5.74, 6) is 0.223. The second-order valence-electron chi connectivity index (χ2n) is 10.5. The highest BCUT2D eigenvalue weighted by Gasteiger charge is 2.36. The summed E-state index contributed by atoms with van der Waals surface area (Å²) in [7, 11) is 0. The predicted molar refractivity (Wildman–Crippen MR) is 123 cm³/mol. The van der Waals surface area contributed by atoms with E-state index < -0.39 is 11.5 Å². The maximum atomic E-state index is 13.3. The molecule has 1 aromatic carbocycles. The molecule has 1 atom stereocenters. The molecular weight excluding hydrogens is 388 g/mol. The number of para-hydroxylation sites is 1. The predicted octanol–water partition coefficient (Wildman–Crippen LogP) is 4.43. The van der Waals surface area contributed by atoms with Crippen LogP contribution in [0.4, 0.5) is 0 Å². The van der Waals surface area contributed by atoms with Crippen molar-refractivity contribution in [3.8, 4) is 0 Å². The van der Waals surface area contributed by atoms with Gasteiger partial charge in [0.15, 0.2) is 5.69 Å².